The second kappa shape index (κ2) is 10.7. The lowest BCUT2D eigenvalue weighted by molar-refractivity contribution is -0.122. The molecule has 0 heterocycles. The van der Waals surface area contributed by atoms with Crippen molar-refractivity contribution >= 4 is 45.0 Å². The zero-order valence-corrected chi connectivity index (χ0v) is 19.3. The number of halogens is 1. The standard InChI is InChI=1S/C20H31ClN2O3S2/c1-4-19(20(24)22-12-13-27-17-8-6-5-7-9-17)23(28(3,25)26)16-11-10-15(2)18(21)14-16/h10-11,14,17,19H,4-9,12-13H2,1-3H3,(H,22,24). The number of nitrogens with one attached hydrogen (secondary N) is 1. The number of nitrogens with zero attached hydrogens (tertiary/aromatic N) is 1. The number of rotatable bonds is 9. The molecule has 0 saturated heterocycles. The van der Waals surface area contributed by atoms with Crippen molar-refractivity contribution in [3.63, 3.8) is 0 Å². The quantitative estimate of drug-likeness (QED) is 0.572. The molecule has 1 saturated carbocycles. The van der Waals surface area contributed by atoms with Gasteiger partial charge in [0.05, 0.1) is 11.9 Å². The molecule has 158 valence electrons. The third kappa shape index (κ3) is 6.56. The molecule has 1 unspecified atom stereocenters. The van der Waals surface area contributed by atoms with Crippen LogP contribution in [-0.2, 0) is 14.8 Å². The van der Waals surface area contributed by atoms with E-state index in [4.69, 9.17) is 11.6 Å². The van der Waals surface area contributed by atoms with E-state index < -0.39 is 16.1 Å². The van der Waals surface area contributed by atoms with Gasteiger partial charge >= 0.3 is 0 Å². The Bertz CT molecular complexity index is 765. The number of aryl methyl sites for hydroxylation is 1. The summed E-state index contributed by atoms with van der Waals surface area (Å²) in [7, 11) is -3.64. The third-order valence-corrected chi connectivity index (χ3v) is 8.02. The van der Waals surface area contributed by atoms with Gasteiger partial charge in [-0.25, -0.2) is 8.42 Å². The van der Waals surface area contributed by atoms with Gasteiger partial charge in [-0.1, -0.05) is 43.9 Å². The van der Waals surface area contributed by atoms with Crippen molar-refractivity contribution in [1.82, 2.24) is 5.32 Å². The Morgan fingerprint density at radius 1 is 1.32 bits per heavy atom. The molecule has 1 fully saturated rings. The van der Waals surface area contributed by atoms with E-state index in [1.165, 1.54) is 36.4 Å². The van der Waals surface area contributed by atoms with Gasteiger partial charge < -0.3 is 5.32 Å². The zero-order valence-electron chi connectivity index (χ0n) is 16.9. The molecule has 1 aliphatic rings. The second-order valence-corrected chi connectivity index (χ2v) is 11.0. The maximum Gasteiger partial charge on any atom is 0.243 e. The molecule has 0 bridgehead atoms. The van der Waals surface area contributed by atoms with Crippen LogP contribution in [0.3, 0.4) is 0 Å². The number of hydrogen-bond donors (Lipinski definition) is 1. The Kier molecular flexibility index (Phi) is 8.96. The van der Waals surface area contributed by atoms with Crippen LogP contribution in [0.25, 0.3) is 0 Å². The van der Waals surface area contributed by atoms with Gasteiger partial charge in [-0.3, -0.25) is 9.10 Å². The van der Waals surface area contributed by atoms with E-state index in [0.29, 0.717) is 28.9 Å². The van der Waals surface area contributed by atoms with Crippen LogP contribution >= 0.6 is 23.4 Å². The van der Waals surface area contributed by atoms with Crippen molar-refractivity contribution in [2.24, 2.45) is 0 Å². The highest BCUT2D eigenvalue weighted by molar-refractivity contribution is 7.99. The van der Waals surface area contributed by atoms with Gasteiger partial charge in [0, 0.05) is 22.6 Å². The van der Waals surface area contributed by atoms with Crippen molar-refractivity contribution in [3.8, 4) is 0 Å². The third-order valence-electron chi connectivity index (χ3n) is 5.05. The lowest BCUT2D eigenvalue weighted by Gasteiger charge is -2.30. The van der Waals surface area contributed by atoms with Crippen LogP contribution in [0.1, 0.15) is 51.0 Å². The van der Waals surface area contributed by atoms with E-state index in [1.54, 1.807) is 18.2 Å². The first-order valence-electron chi connectivity index (χ1n) is 9.89. The van der Waals surface area contributed by atoms with E-state index in [0.717, 1.165) is 17.6 Å². The summed E-state index contributed by atoms with van der Waals surface area (Å²) in [6.07, 6.45) is 7.93. The Balaban J connectivity index is 2.03. The molecule has 1 N–H and O–H groups in total. The summed E-state index contributed by atoms with van der Waals surface area (Å²) < 4.78 is 26.1. The van der Waals surface area contributed by atoms with Crippen LogP contribution < -0.4 is 9.62 Å². The fraction of sp³-hybridized carbons (Fsp3) is 0.650. The minimum absolute atomic E-state index is 0.270. The lowest BCUT2D eigenvalue weighted by Crippen LogP contribution is -2.49. The van der Waals surface area contributed by atoms with E-state index >= 15 is 0 Å². The van der Waals surface area contributed by atoms with Crippen molar-refractivity contribution in [2.45, 2.75) is 63.7 Å². The van der Waals surface area contributed by atoms with Crippen LogP contribution in [0.2, 0.25) is 5.02 Å². The molecule has 1 aromatic rings. The first kappa shape index (κ1) is 23.4. The van der Waals surface area contributed by atoms with Gasteiger partial charge in [0.25, 0.3) is 0 Å². The Morgan fingerprint density at radius 2 is 2.00 bits per heavy atom. The van der Waals surface area contributed by atoms with Gasteiger partial charge in [0.1, 0.15) is 6.04 Å². The lowest BCUT2D eigenvalue weighted by atomic mass is 10.0. The molecule has 8 heteroatoms. The highest BCUT2D eigenvalue weighted by Gasteiger charge is 2.31. The average molecular weight is 447 g/mol. The highest BCUT2D eigenvalue weighted by atomic mass is 35.5. The maximum absolute atomic E-state index is 12.8. The molecule has 2 rings (SSSR count). The monoisotopic (exact) mass is 446 g/mol. The highest BCUT2D eigenvalue weighted by Crippen LogP contribution is 2.29. The normalized spacial score (nSPS) is 16.6. The number of hydrogen-bond acceptors (Lipinski definition) is 4. The molecule has 0 radical (unpaired) electrons. The van der Waals surface area contributed by atoms with E-state index in [9.17, 15) is 13.2 Å². The van der Waals surface area contributed by atoms with Crippen molar-refractivity contribution < 1.29 is 13.2 Å². The van der Waals surface area contributed by atoms with Crippen LogP contribution in [0.4, 0.5) is 5.69 Å². The van der Waals surface area contributed by atoms with Crippen LogP contribution in [0, 0.1) is 6.92 Å². The summed E-state index contributed by atoms with van der Waals surface area (Å²) in [5.41, 5.74) is 1.27. The number of benzene rings is 1. The number of carbonyl (C=O) groups excluding carboxylic acids is 1. The maximum atomic E-state index is 12.8. The molecular weight excluding hydrogens is 416 g/mol. The molecule has 1 aliphatic carbocycles. The van der Waals surface area contributed by atoms with Crippen molar-refractivity contribution in [3.05, 3.63) is 28.8 Å². The summed E-state index contributed by atoms with van der Waals surface area (Å²) >= 11 is 8.10. The molecule has 1 aromatic carbocycles. The summed E-state index contributed by atoms with van der Waals surface area (Å²) in [6.45, 7) is 4.21. The van der Waals surface area contributed by atoms with E-state index in [-0.39, 0.29) is 5.91 Å². The number of anilines is 1. The summed E-state index contributed by atoms with van der Waals surface area (Å²) in [4.78, 5) is 12.8. The predicted molar refractivity (Wildman–Crippen MR) is 120 cm³/mol. The van der Waals surface area contributed by atoms with Crippen LogP contribution in [0.15, 0.2) is 18.2 Å². The minimum Gasteiger partial charge on any atom is -0.353 e. The molecule has 0 aliphatic heterocycles. The Morgan fingerprint density at radius 3 is 2.57 bits per heavy atom. The number of thioether (sulfide) groups is 1. The first-order chi connectivity index (χ1) is 13.2. The Labute approximate surface area is 178 Å². The molecule has 1 amide bonds. The van der Waals surface area contributed by atoms with E-state index in [2.05, 4.69) is 5.32 Å². The van der Waals surface area contributed by atoms with Gasteiger partial charge in [-0.05, 0) is 43.9 Å². The second-order valence-electron chi connectivity index (χ2n) is 7.34. The molecule has 28 heavy (non-hydrogen) atoms. The Hall–Kier alpha value is -0.920. The fourth-order valence-corrected chi connectivity index (χ4v) is 6.13. The molecule has 1 atom stereocenters. The molecule has 0 aromatic heterocycles. The SMILES string of the molecule is CCC(C(=O)NCCSC1CCCCC1)N(c1ccc(C)c(Cl)c1)S(C)(=O)=O. The smallest absolute Gasteiger partial charge is 0.243 e. The number of carbonyl (C=O) groups is 1. The summed E-state index contributed by atoms with van der Waals surface area (Å²) in [5.74, 6) is 0.580. The van der Waals surface area contributed by atoms with E-state index in [1.807, 2.05) is 25.6 Å². The molecule has 0 spiro atoms. The molecular formula is C20H31ClN2O3S2. The van der Waals surface area contributed by atoms with Crippen molar-refractivity contribution in [1.29, 1.82) is 0 Å². The minimum atomic E-state index is -3.64. The van der Waals surface area contributed by atoms with Gasteiger partial charge in [-0.2, -0.15) is 11.8 Å². The summed E-state index contributed by atoms with van der Waals surface area (Å²) in [6, 6.07) is 4.26. The fourth-order valence-electron chi connectivity index (χ4n) is 3.53. The number of amides is 1. The predicted octanol–water partition coefficient (Wildman–Crippen LogP) is 4.38. The topological polar surface area (TPSA) is 66.5 Å². The molecule has 5 nitrogen and oxygen atoms in total. The zero-order chi connectivity index (χ0) is 20.7. The van der Waals surface area contributed by atoms with Gasteiger partial charge in [-0.15, -0.1) is 0 Å². The first-order valence-corrected chi connectivity index (χ1v) is 13.2. The number of sulfonamides is 1. The van der Waals surface area contributed by atoms with Crippen LogP contribution in [0.5, 0.6) is 0 Å². The van der Waals surface area contributed by atoms with Crippen LogP contribution in [-0.4, -0.2) is 44.2 Å². The van der Waals surface area contributed by atoms with Gasteiger partial charge in [0.15, 0.2) is 0 Å². The average Bonchev–Trinajstić information content (AvgIpc) is 2.65. The van der Waals surface area contributed by atoms with Crippen molar-refractivity contribution in [2.75, 3.05) is 22.9 Å². The largest absolute Gasteiger partial charge is 0.353 e. The summed E-state index contributed by atoms with van der Waals surface area (Å²) in [5, 5.41) is 4.09. The van der Waals surface area contributed by atoms with Gasteiger partial charge in [0.2, 0.25) is 15.9 Å².